The number of nitrogens with zero attached hydrogens (tertiary/aromatic N) is 1. The van der Waals surface area contributed by atoms with Crippen LogP contribution < -0.4 is 11.1 Å². The molecule has 26 heavy (non-hydrogen) atoms. The van der Waals surface area contributed by atoms with Gasteiger partial charge in [-0.1, -0.05) is 12.1 Å². The average Bonchev–Trinajstić information content (AvgIpc) is 3.13. The lowest BCUT2D eigenvalue weighted by atomic mass is 10.1. The Kier molecular flexibility index (Phi) is 9.34. The van der Waals surface area contributed by atoms with Gasteiger partial charge in [-0.2, -0.15) is 0 Å². The highest BCUT2D eigenvalue weighted by molar-refractivity contribution is 7.09. The van der Waals surface area contributed by atoms with E-state index in [1.807, 2.05) is 18.4 Å². The van der Waals surface area contributed by atoms with Crippen LogP contribution >= 0.6 is 23.7 Å². The third-order valence-corrected chi connectivity index (χ3v) is 5.06. The molecule has 0 fully saturated rings. The normalized spacial score (nSPS) is 11.3. The van der Waals surface area contributed by atoms with E-state index >= 15 is 0 Å². The highest BCUT2D eigenvalue weighted by Crippen LogP contribution is 2.15. The molecule has 5 nitrogen and oxygen atoms in total. The van der Waals surface area contributed by atoms with Gasteiger partial charge in [-0.3, -0.25) is 9.59 Å². The predicted molar refractivity (Wildman–Crippen MR) is 110 cm³/mol. The first-order valence-corrected chi connectivity index (χ1v) is 9.28. The Labute approximate surface area is 165 Å². The lowest BCUT2D eigenvalue weighted by molar-refractivity contribution is -0.116. The fourth-order valence-corrected chi connectivity index (χ4v) is 3.14. The van der Waals surface area contributed by atoms with Crippen molar-refractivity contribution in [2.24, 2.45) is 5.73 Å². The zero-order valence-corrected chi connectivity index (χ0v) is 16.7. The van der Waals surface area contributed by atoms with Gasteiger partial charge in [0.25, 0.3) is 5.91 Å². The smallest absolute Gasteiger partial charge is 0.253 e. The summed E-state index contributed by atoms with van der Waals surface area (Å²) >= 11 is 1.71. The number of aryl methyl sites for hydroxylation is 1. The van der Waals surface area contributed by atoms with Crippen LogP contribution in [0.15, 0.2) is 41.8 Å². The molecule has 2 amide bonds. The number of carbonyl (C=O) groups is 2. The van der Waals surface area contributed by atoms with E-state index in [1.54, 1.807) is 47.5 Å². The maximum atomic E-state index is 12.4. The van der Waals surface area contributed by atoms with Crippen molar-refractivity contribution in [3.05, 3.63) is 52.2 Å². The highest BCUT2D eigenvalue weighted by Gasteiger charge is 2.16. The molecule has 1 atom stereocenters. The van der Waals surface area contributed by atoms with Crippen molar-refractivity contribution in [2.75, 3.05) is 18.9 Å². The van der Waals surface area contributed by atoms with E-state index in [1.165, 1.54) is 4.88 Å². The molecule has 142 valence electrons. The minimum absolute atomic E-state index is 0. The van der Waals surface area contributed by atoms with Crippen LogP contribution in [0, 0.1) is 0 Å². The van der Waals surface area contributed by atoms with Gasteiger partial charge in [0.15, 0.2) is 0 Å². The first kappa shape index (κ1) is 22.2. The Hall–Kier alpha value is -1.89. The number of hydrogen-bond acceptors (Lipinski definition) is 4. The van der Waals surface area contributed by atoms with E-state index in [0.717, 1.165) is 12.8 Å². The molecule has 1 heterocycles. The molecule has 1 unspecified atom stereocenters. The van der Waals surface area contributed by atoms with Gasteiger partial charge < -0.3 is 16.0 Å². The summed E-state index contributed by atoms with van der Waals surface area (Å²) in [5.74, 6) is -0.142. The maximum absolute atomic E-state index is 12.4. The largest absolute Gasteiger partial charge is 0.338 e. The maximum Gasteiger partial charge on any atom is 0.253 e. The zero-order valence-electron chi connectivity index (χ0n) is 15.1. The van der Waals surface area contributed by atoms with Gasteiger partial charge >= 0.3 is 0 Å². The van der Waals surface area contributed by atoms with Gasteiger partial charge in [-0.25, -0.2) is 0 Å². The van der Waals surface area contributed by atoms with E-state index in [9.17, 15) is 9.59 Å². The summed E-state index contributed by atoms with van der Waals surface area (Å²) < 4.78 is 0. The summed E-state index contributed by atoms with van der Waals surface area (Å²) in [6.45, 7) is 2.31. The molecule has 2 rings (SSSR count). The SMILES string of the molecule is CC(CN)N(C)C(=O)c1cccc(NC(=O)CCCc2cccs2)c1.Cl. The number of rotatable bonds is 8. The fourth-order valence-electron chi connectivity index (χ4n) is 2.39. The molecular weight excluding hydrogens is 370 g/mol. The van der Waals surface area contributed by atoms with Crippen molar-refractivity contribution in [2.45, 2.75) is 32.2 Å². The molecule has 0 bridgehead atoms. The monoisotopic (exact) mass is 395 g/mol. The van der Waals surface area contributed by atoms with Crippen LogP contribution in [0.5, 0.6) is 0 Å². The number of anilines is 1. The molecule has 7 heteroatoms. The summed E-state index contributed by atoms with van der Waals surface area (Å²) in [4.78, 5) is 27.4. The van der Waals surface area contributed by atoms with E-state index in [4.69, 9.17) is 5.73 Å². The lowest BCUT2D eigenvalue weighted by Gasteiger charge is -2.23. The Morgan fingerprint density at radius 2 is 2.04 bits per heavy atom. The lowest BCUT2D eigenvalue weighted by Crippen LogP contribution is -2.39. The van der Waals surface area contributed by atoms with E-state index in [2.05, 4.69) is 11.4 Å². The number of hydrogen-bond donors (Lipinski definition) is 2. The average molecular weight is 396 g/mol. The van der Waals surface area contributed by atoms with E-state index < -0.39 is 0 Å². The quantitative estimate of drug-likeness (QED) is 0.717. The Balaban J connectivity index is 0.00000338. The standard InChI is InChI=1S/C19H25N3O2S.ClH/c1-14(13-20)22(2)19(24)15-6-3-7-16(12-15)21-18(23)10-4-8-17-9-5-11-25-17;/h3,5-7,9,11-12,14H,4,8,10,13,20H2,1-2H3,(H,21,23);1H. The number of nitrogens with one attached hydrogen (secondary N) is 1. The van der Waals surface area contributed by atoms with Gasteiger partial charge in [0.2, 0.25) is 5.91 Å². The van der Waals surface area contributed by atoms with Crippen LogP contribution in [-0.4, -0.2) is 36.3 Å². The van der Waals surface area contributed by atoms with Gasteiger partial charge in [0, 0.05) is 42.2 Å². The van der Waals surface area contributed by atoms with Gasteiger partial charge in [0.1, 0.15) is 0 Å². The second-order valence-electron chi connectivity index (χ2n) is 6.06. The van der Waals surface area contributed by atoms with Crippen molar-refractivity contribution in [3.8, 4) is 0 Å². The van der Waals surface area contributed by atoms with Crippen LogP contribution in [0.25, 0.3) is 0 Å². The number of carbonyl (C=O) groups excluding carboxylic acids is 2. The second-order valence-corrected chi connectivity index (χ2v) is 7.09. The minimum atomic E-state index is -0.105. The van der Waals surface area contributed by atoms with Crippen molar-refractivity contribution in [1.82, 2.24) is 4.90 Å². The molecule has 0 aliphatic rings. The molecule has 1 aromatic carbocycles. The number of thiophene rings is 1. The van der Waals surface area contributed by atoms with Crippen molar-refractivity contribution in [3.63, 3.8) is 0 Å². The number of nitrogens with two attached hydrogens (primary N) is 1. The molecule has 0 radical (unpaired) electrons. The van der Waals surface area contributed by atoms with E-state index in [-0.39, 0.29) is 30.3 Å². The molecule has 0 saturated heterocycles. The summed E-state index contributed by atoms with van der Waals surface area (Å²) in [6, 6.07) is 11.1. The Bertz CT molecular complexity index is 707. The van der Waals surface area contributed by atoms with Crippen LogP contribution in [0.1, 0.15) is 35.0 Å². The van der Waals surface area contributed by atoms with Gasteiger partial charge in [-0.15, -0.1) is 23.7 Å². The molecule has 0 spiro atoms. The van der Waals surface area contributed by atoms with Crippen LogP contribution in [0.4, 0.5) is 5.69 Å². The molecule has 0 saturated carbocycles. The van der Waals surface area contributed by atoms with Gasteiger partial charge in [0.05, 0.1) is 0 Å². The number of benzene rings is 1. The minimum Gasteiger partial charge on any atom is -0.338 e. The van der Waals surface area contributed by atoms with Crippen molar-refractivity contribution < 1.29 is 9.59 Å². The van der Waals surface area contributed by atoms with Crippen LogP contribution in [0.3, 0.4) is 0 Å². The molecule has 2 aromatic rings. The highest BCUT2D eigenvalue weighted by atomic mass is 35.5. The summed E-state index contributed by atoms with van der Waals surface area (Å²) in [5.41, 5.74) is 6.80. The van der Waals surface area contributed by atoms with Crippen molar-refractivity contribution >= 4 is 41.2 Å². The molecule has 1 aromatic heterocycles. The Morgan fingerprint density at radius 1 is 1.27 bits per heavy atom. The molecular formula is C19H26ClN3O2S. The zero-order chi connectivity index (χ0) is 18.2. The number of amides is 2. The molecule has 3 N–H and O–H groups in total. The third-order valence-electron chi connectivity index (χ3n) is 4.12. The summed E-state index contributed by atoms with van der Waals surface area (Å²) in [7, 11) is 1.73. The van der Waals surface area contributed by atoms with Crippen LogP contribution in [-0.2, 0) is 11.2 Å². The molecule has 0 aliphatic carbocycles. The second kappa shape index (κ2) is 11.0. The van der Waals surface area contributed by atoms with Crippen molar-refractivity contribution in [1.29, 1.82) is 0 Å². The molecule has 0 aliphatic heterocycles. The van der Waals surface area contributed by atoms with E-state index in [0.29, 0.717) is 24.2 Å². The first-order chi connectivity index (χ1) is 12.0. The summed E-state index contributed by atoms with van der Waals surface area (Å²) in [5, 5.41) is 4.91. The topological polar surface area (TPSA) is 75.4 Å². The number of halogens is 1. The number of likely N-dealkylation sites (N-methyl/N-ethyl adjacent to an activating group) is 1. The predicted octanol–water partition coefficient (Wildman–Crippen LogP) is 3.55. The third kappa shape index (κ3) is 6.44. The summed E-state index contributed by atoms with van der Waals surface area (Å²) in [6.07, 6.45) is 2.17. The van der Waals surface area contributed by atoms with Gasteiger partial charge in [-0.05, 0) is 49.4 Å². The Morgan fingerprint density at radius 3 is 2.69 bits per heavy atom. The fraction of sp³-hybridized carbons (Fsp3) is 0.368. The first-order valence-electron chi connectivity index (χ1n) is 8.40. The van der Waals surface area contributed by atoms with Crippen LogP contribution in [0.2, 0.25) is 0 Å².